The van der Waals surface area contributed by atoms with Crippen molar-refractivity contribution in [3.8, 4) is 0 Å². The molecule has 2 atom stereocenters. The van der Waals surface area contributed by atoms with Crippen LogP contribution < -0.4 is 21.1 Å². The monoisotopic (exact) mass is 514 g/mol. The number of carbonyl (C=O) groups is 1. The number of aryl methyl sites for hydroxylation is 1. The van der Waals surface area contributed by atoms with E-state index in [0.717, 1.165) is 25.7 Å². The molecule has 11 nitrogen and oxygen atoms in total. The first-order chi connectivity index (χ1) is 17.2. The van der Waals surface area contributed by atoms with E-state index < -0.39 is 10.0 Å². The molecule has 3 aromatic rings. The largest absolute Gasteiger partial charge is 0.369 e. The third-order valence-corrected chi connectivity index (χ3v) is 7.80. The molecule has 0 spiro atoms. The molecule has 36 heavy (non-hydrogen) atoms. The number of fused-ring (bicyclic) bond motifs is 1. The zero-order valence-corrected chi connectivity index (χ0v) is 21.7. The minimum absolute atomic E-state index is 0.137. The summed E-state index contributed by atoms with van der Waals surface area (Å²) in [6, 6.07) is 6.33. The molecule has 1 saturated carbocycles. The molecule has 1 aliphatic rings. The van der Waals surface area contributed by atoms with Crippen LogP contribution in [0.4, 0.5) is 17.5 Å². The normalized spacial score (nSPS) is 18.4. The van der Waals surface area contributed by atoms with E-state index in [1.807, 2.05) is 25.3 Å². The van der Waals surface area contributed by atoms with Crippen molar-refractivity contribution in [1.82, 2.24) is 24.2 Å². The third kappa shape index (κ3) is 5.76. The summed E-state index contributed by atoms with van der Waals surface area (Å²) in [5.74, 6) is 0.482. The topological polar surface area (TPSA) is 157 Å². The molecule has 1 fully saturated rings. The van der Waals surface area contributed by atoms with Crippen molar-refractivity contribution >= 4 is 44.5 Å². The Labute approximate surface area is 211 Å². The van der Waals surface area contributed by atoms with Crippen molar-refractivity contribution in [2.24, 2.45) is 17.6 Å². The summed E-state index contributed by atoms with van der Waals surface area (Å²) < 4.78 is 29.6. The fraction of sp³-hybridized carbons (Fsp3) is 0.500. The van der Waals surface area contributed by atoms with Crippen LogP contribution in [-0.2, 0) is 21.4 Å². The molecule has 0 aliphatic heterocycles. The van der Waals surface area contributed by atoms with Crippen molar-refractivity contribution in [3.63, 3.8) is 0 Å². The minimum atomic E-state index is -3.58. The highest BCUT2D eigenvalue weighted by Gasteiger charge is 2.30. The van der Waals surface area contributed by atoms with Crippen molar-refractivity contribution < 1.29 is 13.2 Å². The van der Waals surface area contributed by atoms with E-state index in [9.17, 15) is 13.2 Å². The Morgan fingerprint density at radius 1 is 1.17 bits per heavy atom. The average Bonchev–Trinajstić information content (AvgIpc) is 3.27. The van der Waals surface area contributed by atoms with Crippen molar-refractivity contribution in [1.29, 1.82) is 0 Å². The van der Waals surface area contributed by atoms with Crippen LogP contribution in [0.2, 0.25) is 0 Å². The average molecular weight is 515 g/mol. The molecule has 12 heteroatoms. The Bertz CT molecular complexity index is 1320. The van der Waals surface area contributed by atoms with Crippen molar-refractivity contribution in [3.05, 3.63) is 30.6 Å². The molecule has 2 aromatic heterocycles. The summed E-state index contributed by atoms with van der Waals surface area (Å²) in [5.41, 5.74) is 7.55. The van der Waals surface area contributed by atoms with Gasteiger partial charge in [-0.2, -0.15) is 9.97 Å². The summed E-state index contributed by atoms with van der Waals surface area (Å²) in [4.78, 5) is 26.0. The number of hydrogen-bond acceptors (Lipinski definition) is 8. The van der Waals surface area contributed by atoms with Gasteiger partial charge in [0.2, 0.25) is 21.9 Å². The van der Waals surface area contributed by atoms with Gasteiger partial charge in [0.05, 0.1) is 17.1 Å². The van der Waals surface area contributed by atoms with Gasteiger partial charge in [-0.05, 0) is 49.9 Å². The SMILES string of the molecule is CCn1cnc2c(Nc3ccc(S(=O)(=O)NCC(C)C)cc3)nc(N[C@@H]3CCCC[C@@H]3C(N)=O)nc21. The summed E-state index contributed by atoms with van der Waals surface area (Å²) in [7, 11) is -3.58. The highest BCUT2D eigenvalue weighted by molar-refractivity contribution is 7.89. The van der Waals surface area contributed by atoms with Gasteiger partial charge >= 0.3 is 0 Å². The van der Waals surface area contributed by atoms with Crippen LogP contribution in [0.15, 0.2) is 35.5 Å². The maximum Gasteiger partial charge on any atom is 0.240 e. The number of sulfonamides is 1. The zero-order chi connectivity index (χ0) is 25.9. The molecule has 0 saturated heterocycles. The van der Waals surface area contributed by atoms with E-state index >= 15 is 0 Å². The van der Waals surface area contributed by atoms with Gasteiger partial charge in [-0.1, -0.05) is 26.7 Å². The number of rotatable bonds is 10. The zero-order valence-electron chi connectivity index (χ0n) is 20.9. The summed E-state index contributed by atoms with van der Waals surface area (Å²) in [6.45, 7) is 6.94. The first-order valence-electron chi connectivity index (χ1n) is 12.3. The third-order valence-electron chi connectivity index (χ3n) is 6.36. The molecule has 1 aliphatic carbocycles. The van der Waals surface area contributed by atoms with Gasteiger partial charge in [-0.25, -0.2) is 18.1 Å². The first-order valence-corrected chi connectivity index (χ1v) is 13.8. The lowest BCUT2D eigenvalue weighted by Gasteiger charge is -2.30. The quantitative estimate of drug-likeness (QED) is 0.322. The van der Waals surface area contributed by atoms with Crippen LogP contribution in [0.3, 0.4) is 0 Å². The molecule has 194 valence electrons. The molecule has 5 N–H and O–H groups in total. The molecule has 4 rings (SSSR count). The lowest BCUT2D eigenvalue weighted by molar-refractivity contribution is -0.122. The van der Waals surface area contributed by atoms with Gasteiger partial charge in [0.25, 0.3) is 0 Å². The molecule has 1 amide bonds. The Morgan fingerprint density at radius 2 is 1.89 bits per heavy atom. The van der Waals surface area contributed by atoms with Gasteiger partial charge < -0.3 is 20.9 Å². The number of nitrogens with two attached hydrogens (primary N) is 1. The summed E-state index contributed by atoms with van der Waals surface area (Å²) >= 11 is 0. The van der Waals surface area contributed by atoms with Crippen molar-refractivity contribution in [2.45, 2.75) is 63.9 Å². The number of anilines is 3. The number of nitrogens with zero attached hydrogens (tertiary/aromatic N) is 4. The summed E-state index contributed by atoms with van der Waals surface area (Å²) in [5, 5.41) is 6.58. The second-order valence-electron chi connectivity index (χ2n) is 9.54. The molecular weight excluding hydrogens is 480 g/mol. The van der Waals surface area contributed by atoms with Gasteiger partial charge in [-0.3, -0.25) is 4.79 Å². The fourth-order valence-corrected chi connectivity index (χ4v) is 5.57. The Balaban J connectivity index is 1.61. The number of aromatic nitrogens is 4. The van der Waals surface area contributed by atoms with Gasteiger partial charge in [0.1, 0.15) is 0 Å². The predicted molar refractivity (Wildman–Crippen MR) is 139 cm³/mol. The van der Waals surface area contributed by atoms with E-state index in [1.165, 1.54) is 0 Å². The summed E-state index contributed by atoms with van der Waals surface area (Å²) in [6.07, 6.45) is 5.24. The number of carbonyl (C=O) groups excluding carboxylic acids is 1. The number of hydrogen-bond donors (Lipinski definition) is 4. The maximum absolute atomic E-state index is 12.5. The first kappa shape index (κ1) is 25.8. The van der Waals surface area contributed by atoms with Crippen LogP contribution in [0.25, 0.3) is 11.2 Å². The number of primary amides is 1. The molecule has 0 radical (unpaired) electrons. The number of nitrogens with one attached hydrogen (secondary N) is 3. The highest BCUT2D eigenvalue weighted by Crippen LogP contribution is 2.29. The van der Waals surface area contributed by atoms with E-state index in [0.29, 0.717) is 41.7 Å². The fourth-order valence-electron chi connectivity index (χ4n) is 4.35. The maximum atomic E-state index is 12.5. The Hall–Kier alpha value is -3.25. The number of amides is 1. The van der Waals surface area contributed by atoms with E-state index in [1.54, 1.807) is 30.6 Å². The lowest BCUT2D eigenvalue weighted by Crippen LogP contribution is -2.40. The van der Waals surface area contributed by atoms with Gasteiger partial charge in [0, 0.05) is 24.8 Å². The molecule has 2 heterocycles. The van der Waals surface area contributed by atoms with E-state index in [4.69, 9.17) is 5.73 Å². The minimum Gasteiger partial charge on any atom is -0.369 e. The second-order valence-corrected chi connectivity index (χ2v) is 11.3. The Morgan fingerprint density at radius 3 is 2.56 bits per heavy atom. The van der Waals surface area contributed by atoms with Crippen LogP contribution in [0, 0.1) is 11.8 Å². The van der Waals surface area contributed by atoms with Crippen LogP contribution in [0.1, 0.15) is 46.5 Å². The Kier molecular flexibility index (Phi) is 7.74. The molecule has 0 unspecified atom stereocenters. The van der Waals surface area contributed by atoms with Gasteiger partial charge in [-0.15, -0.1) is 0 Å². The van der Waals surface area contributed by atoms with Crippen LogP contribution >= 0.6 is 0 Å². The highest BCUT2D eigenvalue weighted by atomic mass is 32.2. The smallest absolute Gasteiger partial charge is 0.240 e. The standard InChI is InChI=1S/C24H34N8O3S/c1-4-32-14-26-20-22(28-16-9-11-17(12-10-16)36(34,35)27-13-15(2)3)30-24(31-23(20)32)29-19-8-6-5-7-18(19)21(25)33/h9-12,14-15,18-19,27H,4-8,13H2,1-3H3,(H2,25,33)(H2,28,29,30,31)/t18-,19+/m0/s1. The number of benzene rings is 1. The lowest BCUT2D eigenvalue weighted by atomic mass is 9.84. The number of imidazole rings is 1. The molecular formula is C24H34N8O3S. The molecule has 0 bridgehead atoms. The second kappa shape index (κ2) is 10.8. The van der Waals surface area contributed by atoms with Crippen LogP contribution in [0.5, 0.6) is 0 Å². The van der Waals surface area contributed by atoms with Crippen LogP contribution in [-0.4, -0.2) is 46.4 Å². The van der Waals surface area contributed by atoms with Crippen molar-refractivity contribution in [2.75, 3.05) is 17.2 Å². The van der Waals surface area contributed by atoms with E-state index in [2.05, 4.69) is 30.3 Å². The van der Waals surface area contributed by atoms with E-state index in [-0.39, 0.29) is 28.7 Å². The van der Waals surface area contributed by atoms with Gasteiger partial charge in [0.15, 0.2) is 17.0 Å². The molecule has 1 aromatic carbocycles. The predicted octanol–water partition coefficient (Wildman–Crippen LogP) is 2.98.